The SMILES string of the molecule is C[C@]12C3=CC[C@@H](c4ccoc4)[C@]3(C)CC[C@@H]1[C@@]1(C)C(=O)C=C[C@@]3(C)CO[C@@H]([C@H]2O)[C@H]13. The second kappa shape index (κ2) is 5.58. The second-order valence-corrected chi connectivity index (χ2v) is 11.4. The third-order valence-electron chi connectivity index (χ3n) is 10.2. The normalized spacial score (nSPS) is 53.8. The van der Waals surface area contributed by atoms with E-state index >= 15 is 0 Å². The number of rotatable bonds is 1. The van der Waals surface area contributed by atoms with Crippen molar-refractivity contribution >= 4 is 5.78 Å². The summed E-state index contributed by atoms with van der Waals surface area (Å²) in [6.07, 6.45) is 11.9. The zero-order valence-corrected chi connectivity index (χ0v) is 18.4. The van der Waals surface area contributed by atoms with Gasteiger partial charge in [0, 0.05) is 22.2 Å². The lowest BCUT2D eigenvalue weighted by Gasteiger charge is -2.65. The third-order valence-corrected chi connectivity index (χ3v) is 10.2. The van der Waals surface area contributed by atoms with Gasteiger partial charge in [-0.2, -0.15) is 0 Å². The maximum atomic E-state index is 13.5. The highest BCUT2D eigenvalue weighted by molar-refractivity contribution is 5.97. The van der Waals surface area contributed by atoms with Crippen LogP contribution in [0.4, 0.5) is 0 Å². The van der Waals surface area contributed by atoms with Gasteiger partial charge in [0.05, 0.1) is 31.3 Å². The van der Waals surface area contributed by atoms with Crippen LogP contribution in [0.2, 0.25) is 0 Å². The van der Waals surface area contributed by atoms with Crippen LogP contribution in [0.25, 0.3) is 0 Å². The molecule has 2 heterocycles. The Morgan fingerprint density at radius 2 is 1.97 bits per heavy atom. The molecule has 0 amide bonds. The van der Waals surface area contributed by atoms with E-state index in [9.17, 15) is 9.90 Å². The van der Waals surface area contributed by atoms with E-state index in [0.717, 1.165) is 19.3 Å². The number of ether oxygens (including phenoxy) is 1. The van der Waals surface area contributed by atoms with E-state index in [4.69, 9.17) is 9.15 Å². The standard InChI is InChI=1S/C26H32O4/c1-23-10-8-19(27)26(4)18-7-11-24(2)16(15-9-12-29-13-15)5-6-17(24)25(18,3)22(28)20(21(23)26)30-14-23/h6,8-10,12-13,16,18,20-22,28H,5,7,11,14H2,1-4H3/t16-,18-,20+,21-,22+,23-,24-,25-,26-/m0/s1. The van der Waals surface area contributed by atoms with Crippen LogP contribution in [0.15, 0.2) is 46.8 Å². The van der Waals surface area contributed by atoms with Gasteiger partial charge < -0.3 is 14.3 Å². The number of hydrogen-bond donors (Lipinski definition) is 1. The Labute approximate surface area is 178 Å². The summed E-state index contributed by atoms with van der Waals surface area (Å²) in [5.41, 5.74) is 1.39. The molecule has 9 atom stereocenters. The minimum Gasteiger partial charge on any atom is -0.472 e. The highest BCUT2D eigenvalue weighted by Crippen LogP contribution is 2.73. The van der Waals surface area contributed by atoms with E-state index in [1.807, 2.05) is 18.4 Å². The Kier molecular flexibility index (Phi) is 3.54. The van der Waals surface area contributed by atoms with Gasteiger partial charge in [-0.1, -0.05) is 45.4 Å². The first-order chi connectivity index (χ1) is 14.2. The van der Waals surface area contributed by atoms with Gasteiger partial charge in [0.15, 0.2) is 5.78 Å². The van der Waals surface area contributed by atoms with E-state index in [1.54, 1.807) is 6.26 Å². The van der Waals surface area contributed by atoms with Crippen molar-refractivity contribution in [1.82, 2.24) is 0 Å². The molecule has 1 aromatic rings. The molecule has 0 spiro atoms. The van der Waals surface area contributed by atoms with E-state index in [1.165, 1.54) is 11.1 Å². The van der Waals surface area contributed by atoms with E-state index in [-0.39, 0.29) is 34.6 Å². The lowest BCUT2D eigenvalue weighted by molar-refractivity contribution is -0.199. The summed E-state index contributed by atoms with van der Waals surface area (Å²) in [6, 6.07) is 2.08. The topological polar surface area (TPSA) is 59.7 Å². The lowest BCUT2D eigenvalue weighted by atomic mass is 9.38. The van der Waals surface area contributed by atoms with Crippen molar-refractivity contribution in [3.63, 3.8) is 0 Å². The highest BCUT2D eigenvalue weighted by atomic mass is 16.5. The van der Waals surface area contributed by atoms with Crippen LogP contribution in [-0.2, 0) is 9.53 Å². The molecule has 160 valence electrons. The number of hydrogen-bond acceptors (Lipinski definition) is 4. The zero-order chi connectivity index (χ0) is 21.1. The van der Waals surface area contributed by atoms with Crippen molar-refractivity contribution in [2.45, 2.75) is 65.1 Å². The number of carbonyl (C=O) groups excluding carboxylic acids is 1. The number of allylic oxidation sites excluding steroid dienone is 2. The molecule has 1 aliphatic heterocycles. The average molecular weight is 409 g/mol. The summed E-state index contributed by atoms with van der Waals surface area (Å²) >= 11 is 0. The quantitative estimate of drug-likeness (QED) is 0.687. The summed E-state index contributed by atoms with van der Waals surface area (Å²) in [5, 5.41) is 11.9. The molecule has 5 aliphatic rings. The molecule has 4 heteroatoms. The third kappa shape index (κ3) is 1.90. The van der Waals surface area contributed by atoms with Gasteiger partial charge in [0.2, 0.25) is 0 Å². The van der Waals surface area contributed by atoms with Gasteiger partial charge in [0.25, 0.3) is 0 Å². The Morgan fingerprint density at radius 3 is 2.70 bits per heavy atom. The van der Waals surface area contributed by atoms with Gasteiger partial charge in [-0.15, -0.1) is 0 Å². The molecule has 1 saturated heterocycles. The molecule has 0 bridgehead atoms. The van der Waals surface area contributed by atoms with Gasteiger partial charge >= 0.3 is 0 Å². The number of aliphatic hydroxyl groups is 1. The van der Waals surface area contributed by atoms with Crippen molar-refractivity contribution in [2.24, 2.45) is 33.5 Å². The first-order valence-electron chi connectivity index (χ1n) is 11.4. The molecule has 3 fully saturated rings. The summed E-state index contributed by atoms with van der Waals surface area (Å²) in [4.78, 5) is 13.5. The molecule has 4 aliphatic carbocycles. The Hall–Kier alpha value is -1.65. The Bertz CT molecular complexity index is 975. The zero-order valence-electron chi connectivity index (χ0n) is 18.4. The molecule has 1 aromatic heterocycles. The largest absolute Gasteiger partial charge is 0.472 e. The first-order valence-corrected chi connectivity index (χ1v) is 11.4. The molecule has 0 radical (unpaired) electrons. The number of aliphatic hydroxyl groups excluding tert-OH is 1. The molecule has 0 unspecified atom stereocenters. The summed E-state index contributed by atoms with van der Waals surface area (Å²) in [6.45, 7) is 9.52. The van der Waals surface area contributed by atoms with Gasteiger partial charge in [-0.05, 0) is 54.2 Å². The molecule has 2 saturated carbocycles. The lowest BCUT2D eigenvalue weighted by Crippen LogP contribution is -2.69. The predicted octanol–water partition coefficient (Wildman–Crippen LogP) is 4.66. The van der Waals surface area contributed by atoms with Gasteiger partial charge in [-0.3, -0.25) is 4.79 Å². The number of fused-ring (bicyclic) bond motifs is 4. The average Bonchev–Trinajstić information content (AvgIpc) is 3.41. The first kappa shape index (κ1) is 19.1. The van der Waals surface area contributed by atoms with Crippen LogP contribution in [-0.4, -0.2) is 29.7 Å². The second-order valence-electron chi connectivity index (χ2n) is 11.4. The highest BCUT2D eigenvalue weighted by Gasteiger charge is 2.74. The van der Waals surface area contributed by atoms with Crippen molar-refractivity contribution in [3.8, 4) is 0 Å². The minimum absolute atomic E-state index is 0.0330. The fraction of sp³-hybridized carbons (Fsp3) is 0.654. The predicted molar refractivity (Wildman–Crippen MR) is 113 cm³/mol. The molecule has 30 heavy (non-hydrogen) atoms. The molecule has 0 aromatic carbocycles. The summed E-state index contributed by atoms with van der Waals surface area (Å²) in [7, 11) is 0. The Morgan fingerprint density at radius 1 is 1.17 bits per heavy atom. The molecule has 1 N–H and O–H groups in total. The fourth-order valence-corrected chi connectivity index (χ4v) is 8.87. The monoisotopic (exact) mass is 408 g/mol. The maximum Gasteiger partial charge on any atom is 0.161 e. The molecule has 6 rings (SSSR count). The molecule has 4 nitrogen and oxygen atoms in total. The van der Waals surface area contributed by atoms with Crippen molar-refractivity contribution in [2.75, 3.05) is 6.61 Å². The summed E-state index contributed by atoms with van der Waals surface area (Å²) < 4.78 is 11.7. The van der Waals surface area contributed by atoms with Crippen molar-refractivity contribution in [3.05, 3.63) is 48.0 Å². The van der Waals surface area contributed by atoms with E-state index < -0.39 is 16.9 Å². The molecular formula is C26H32O4. The van der Waals surface area contributed by atoms with Crippen LogP contribution in [0.3, 0.4) is 0 Å². The number of carbonyl (C=O) groups is 1. The minimum atomic E-state index is -0.601. The maximum absolute atomic E-state index is 13.5. The fourth-order valence-electron chi connectivity index (χ4n) is 8.87. The van der Waals surface area contributed by atoms with Crippen LogP contribution < -0.4 is 0 Å². The van der Waals surface area contributed by atoms with E-state index in [2.05, 4.69) is 39.8 Å². The summed E-state index contributed by atoms with van der Waals surface area (Å²) in [5.74, 6) is 0.726. The van der Waals surface area contributed by atoms with Crippen molar-refractivity contribution < 1.29 is 19.1 Å². The van der Waals surface area contributed by atoms with Gasteiger partial charge in [0.1, 0.15) is 0 Å². The van der Waals surface area contributed by atoms with E-state index in [0.29, 0.717) is 12.5 Å². The van der Waals surface area contributed by atoms with Crippen LogP contribution in [0, 0.1) is 33.5 Å². The van der Waals surface area contributed by atoms with Crippen molar-refractivity contribution in [1.29, 1.82) is 0 Å². The van der Waals surface area contributed by atoms with Crippen LogP contribution in [0.1, 0.15) is 58.4 Å². The number of furan rings is 1. The number of ketones is 1. The van der Waals surface area contributed by atoms with Crippen LogP contribution in [0.5, 0.6) is 0 Å². The Balaban J connectivity index is 1.51. The van der Waals surface area contributed by atoms with Gasteiger partial charge in [-0.25, -0.2) is 0 Å². The molecular weight excluding hydrogens is 376 g/mol. The smallest absolute Gasteiger partial charge is 0.161 e. The van der Waals surface area contributed by atoms with Crippen LogP contribution >= 0.6 is 0 Å².